The Morgan fingerprint density at radius 1 is 1.29 bits per heavy atom. The van der Waals surface area contributed by atoms with Crippen molar-refractivity contribution in [1.82, 2.24) is 4.98 Å². The number of benzene rings is 1. The Morgan fingerprint density at radius 2 is 2.08 bits per heavy atom. The van der Waals surface area contributed by atoms with Gasteiger partial charge in [0.15, 0.2) is 0 Å². The molecule has 1 aliphatic heterocycles. The highest BCUT2D eigenvalue weighted by molar-refractivity contribution is 5.97. The second kappa shape index (κ2) is 6.14. The van der Waals surface area contributed by atoms with Crippen molar-refractivity contribution in [2.45, 2.75) is 26.1 Å². The molecule has 0 aliphatic carbocycles. The van der Waals surface area contributed by atoms with E-state index in [2.05, 4.69) is 10.3 Å². The summed E-state index contributed by atoms with van der Waals surface area (Å²) in [6, 6.07) is 8.10. The minimum atomic E-state index is -4.44. The molecule has 0 saturated carbocycles. The van der Waals surface area contributed by atoms with Gasteiger partial charge >= 0.3 is 6.18 Å². The zero-order chi connectivity index (χ0) is 17.3. The number of hydrogen-bond acceptors (Lipinski definition) is 3. The van der Waals surface area contributed by atoms with Crippen LogP contribution in [0.15, 0.2) is 36.5 Å². The van der Waals surface area contributed by atoms with Crippen molar-refractivity contribution in [2.75, 3.05) is 16.8 Å². The fourth-order valence-electron chi connectivity index (χ4n) is 2.81. The SMILES string of the molecule is CC(=O)N1CCc2cccc(NCc3ccc(C(F)(F)F)nc3)c21. The van der Waals surface area contributed by atoms with Gasteiger partial charge in [0.05, 0.1) is 11.4 Å². The number of carbonyl (C=O) groups is 1. The summed E-state index contributed by atoms with van der Waals surface area (Å²) in [7, 11) is 0. The van der Waals surface area contributed by atoms with Gasteiger partial charge in [-0.05, 0) is 29.7 Å². The van der Waals surface area contributed by atoms with Crippen LogP contribution in [0.3, 0.4) is 0 Å². The predicted octanol–water partition coefficient (Wildman–Crippen LogP) is 3.62. The molecule has 0 atom stereocenters. The van der Waals surface area contributed by atoms with Crippen LogP contribution in [0.4, 0.5) is 24.5 Å². The molecule has 3 rings (SSSR count). The number of rotatable bonds is 3. The summed E-state index contributed by atoms with van der Waals surface area (Å²) in [5.74, 6) is -0.0285. The van der Waals surface area contributed by atoms with Gasteiger partial charge in [0, 0.05) is 26.2 Å². The molecule has 0 radical (unpaired) electrons. The maximum absolute atomic E-state index is 12.5. The molecule has 0 unspecified atom stereocenters. The van der Waals surface area contributed by atoms with E-state index >= 15 is 0 Å². The number of aromatic nitrogens is 1. The third-order valence-electron chi connectivity index (χ3n) is 3.97. The minimum absolute atomic E-state index is 0.0285. The van der Waals surface area contributed by atoms with Crippen LogP contribution in [-0.2, 0) is 23.9 Å². The van der Waals surface area contributed by atoms with Crippen molar-refractivity contribution in [2.24, 2.45) is 0 Å². The number of fused-ring (bicyclic) bond motifs is 1. The molecule has 1 aliphatic rings. The highest BCUT2D eigenvalue weighted by Crippen LogP contribution is 2.35. The number of amides is 1. The number of nitrogens with one attached hydrogen (secondary N) is 1. The predicted molar refractivity (Wildman–Crippen MR) is 84.7 cm³/mol. The standard InChI is InChI=1S/C17H16F3N3O/c1-11(24)23-8-7-13-3-2-4-14(16(13)23)21-9-12-5-6-15(22-10-12)17(18,19)20/h2-6,10,21H,7-9H2,1H3. The number of halogens is 3. The van der Waals surface area contributed by atoms with E-state index in [-0.39, 0.29) is 5.91 Å². The van der Waals surface area contributed by atoms with Gasteiger partial charge in [-0.25, -0.2) is 0 Å². The third kappa shape index (κ3) is 3.20. The molecule has 2 heterocycles. The molecule has 1 amide bonds. The van der Waals surface area contributed by atoms with Crippen molar-refractivity contribution < 1.29 is 18.0 Å². The molecular formula is C17H16F3N3O. The van der Waals surface area contributed by atoms with Gasteiger partial charge in [0.2, 0.25) is 5.91 Å². The number of hydrogen-bond donors (Lipinski definition) is 1. The summed E-state index contributed by atoms with van der Waals surface area (Å²) >= 11 is 0. The van der Waals surface area contributed by atoms with Crippen LogP contribution in [0.1, 0.15) is 23.7 Å². The fourth-order valence-corrected chi connectivity index (χ4v) is 2.81. The Balaban J connectivity index is 1.76. The molecule has 0 fully saturated rings. The highest BCUT2D eigenvalue weighted by atomic mass is 19.4. The van der Waals surface area contributed by atoms with E-state index in [9.17, 15) is 18.0 Å². The van der Waals surface area contributed by atoms with Gasteiger partial charge in [-0.1, -0.05) is 18.2 Å². The van der Waals surface area contributed by atoms with Gasteiger partial charge in [-0.2, -0.15) is 13.2 Å². The van der Waals surface area contributed by atoms with Crippen LogP contribution < -0.4 is 10.2 Å². The maximum atomic E-state index is 12.5. The first-order chi connectivity index (χ1) is 11.4. The second-order valence-electron chi connectivity index (χ2n) is 5.64. The van der Waals surface area contributed by atoms with Crippen LogP contribution in [0.5, 0.6) is 0 Å². The molecule has 7 heteroatoms. The highest BCUT2D eigenvalue weighted by Gasteiger charge is 2.32. The molecular weight excluding hydrogens is 319 g/mol. The molecule has 0 spiro atoms. The van der Waals surface area contributed by atoms with E-state index in [0.29, 0.717) is 18.7 Å². The van der Waals surface area contributed by atoms with E-state index in [1.807, 2.05) is 18.2 Å². The topological polar surface area (TPSA) is 45.2 Å². The molecule has 2 aromatic rings. The maximum Gasteiger partial charge on any atom is 0.433 e. The Kier molecular flexibility index (Phi) is 4.17. The summed E-state index contributed by atoms with van der Waals surface area (Å²) in [4.78, 5) is 16.9. The molecule has 0 saturated heterocycles. The largest absolute Gasteiger partial charge is 0.433 e. The van der Waals surface area contributed by atoms with Gasteiger partial charge in [0.25, 0.3) is 0 Å². The zero-order valence-corrected chi connectivity index (χ0v) is 13.0. The van der Waals surface area contributed by atoms with Crippen molar-refractivity contribution in [3.8, 4) is 0 Å². The van der Waals surface area contributed by atoms with E-state index in [1.165, 1.54) is 19.2 Å². The van der Waals surface area contributed by atoms with Crippen LogP contribution >= 0.6 is 0 Å². The van der Waals surface area contributed by atoms with E-state index in [1.54, 1.807) is 4.90 Å². The molecule has 1 aromatic heterocycles. The molecule has 1 N–H and O–H groups in total. The van der Waals surface area contributed by atoms with E-state index in [0.717, 1.165) is 29.4 Å². The Labute approximate surface area is 137 Å². The van der Waals surface area contributed by atoms with Gasteiger partial charge in [-0.3, -0.25) is 9.78 Å². The number of para-hydroxylation sites is 1. The smallest absolute Gasteiger partial charge is 0.379 e. The Hall–Kier alpha value is -2.57. The van der Waals surface area contributed by atoms with Crippen molar-refractivity contribution in [1.29, 1.82) is 0 Å². The molecule has 0 bridgehead atoms. The zero-order valence-electron chi connectivity index (χ0n) is 13.0. The monoisotopic (exact) mass is 335 g/mol. The van der Waals surface area contributed by atoms with Crippen molar-refractivity contribution >= 4 is 17.3 Å². The lowest BCUT2D eigenvalue weighted by Gasteiger charge is -2.19. The van der Waals surface area contributed by atoms with E-state index < -0.39 is 11.9 Å². The quantitative estimate of drug-likeness (QED) is 0.932. The summed E-state index contributed by atoms with van der Waals surface area (Å²) in [5, 5.41) is 3.19. The van der Waals surface area contributed by atoms with Crippen LogP contribution in [0, 0.1) is 0 Å². The molecule has 126 valence electrons. The number of alkyl halides is 3. The number of carbonyl (C=O) groups excluding carboxylic acids is 1. The first-order valence-corrected chi connectivity index (χ1v) is 7.52. The van der Waals surface area contributed by atoms with Crippen LogP contribution in [0.25, 0.3) is 0 Å². The summed E-state index contributed by atoms with van der Waals surface area (Å²) in [5.41, 5.74) is 2.45. The van der Waals surface area contributed by atoms with Crippen LogP contribution in [-0.4, -0.2) is 17.4 Å². The summed E-state index contributed by atoms with van der Waals surface area (Å²) in [6.07, 6.45) is -2.43. The molecule has 1 aromatic carbocycles. The number of pyridine rings is 1. The Morgan fingerprint density at radius 3 is 2.71 bits per heavy atom. The first kappa shape index (κ1) is 16.3. The normalized spacial score (nSPS) is 13.8. The van der Waals surface area contributed by atoms with Crippen molar-refractivity contribution in [3.05, 3.63) is 53.3 Å². The summed E-state index contributed by atoms with van der Waals surface area (Å²) < 4.78 is 37.6. The van der Waals surface area contributed by atoms with Gasteiger partial charge in [0.1, 0.15) is 5.69 Å². The minimum Gasteiger partial charge on any atom is -0.379 e. The lowest BCUT2D eigenvalue weighted by atomic mass is 10.1. The fraction of sp³-hybridized carbons (Fsp3) is 0.294. The van der Waals surface area contributed by atoms with E-state index in [4.69, 9.17) is 0 Å². The lowest BCUT2D eigenvalue weighted by Crippen LogP contribution is -2.26. The second-order valence-corrected chi connectivity index (χ2v) is 5.64. The molecule has 24 heavy (non-hydrogen) atoms. The third-order valence-corrected chi connectivity index (χ3v) is 3.97. The van der Waals surface area contributed by atoms with Gasteiger partial charge in [-0.15, -0.1) is 0 Å². The number of anilines is 2. The lowest BCUT2D eigenvalue weighted by molar-refractivity contribution is -0.141. The molecule has 4 nitrogen and oxygen atoms in total. The Bertz CT molecular complexity index is 757. The van der Waals surface area contributed by atoms with Crippen molar-refractivity contribution in [3.63, 3.8) is 0 Å². The summed E-state index contributed by atoms with van der Waals surface area (Å²) in [6.45, 7) is 2.49. The van der Waals surface area contributed by atoms with Crippen LogP contribution in [0.2, 0.25) is 0 Å². The van der Waals surface area contributed by atoms with Gasteiger partial charge < -0.3 is 10.2 Å². The average molecular weight is 335 g/mol. The number of nitrogens with zero attached hydrogens (tertiary/aromatic N) is 2. The average Bonchev–Trinajstić information content (AvgIpc) is 2.97. The first-order valence-electron chi connectivity index (χ1n) is 7.52.